The minimum atomic E-state index is -0.181. The molecule has 1 aromatic carbocycles. The summed E-state index contributed by atoms with van der Waals surface area (Å²) in [7, 11) is 0. The lowest BCUT2D eigenvalue weighted by atomic mass is 9.99. The van der Waals surface area contributed by atoms with E-state index in [0.29, 0.717) is 10.5 Å². The summed E-state index contributed by atoms with van der Waals surface area (Å²) in [5.74, 6) is -0.181. The van der Waals surface area contributed by atoms with Crippen LogP contribution in [0.15, 0.2) is 22.7 Å². The highest BCUT2D eigenvalue weighted by Crippen LogP contribution is 2.23. The van der Waals surface area contributed by atoms with Gasteiger partial charge in [-0.25, -0.2) is 4.39 Å². The summed E-state index contributed by atoms with van der Waals surface area (Å²) in [6.45, 7) is 4.37. The number of piperidine rings is 1. The fourth-order valence-electron chi connectivity index (χ4n) is 2.60. The molecule has 0 aromatic heterocycles. The first-order valence-corrected chi connectivity index (χ1v) is 7.18. The molecule has 1 aromatic rings. The Hall–Kier alpha value is -0.410. The molecule has 0 amide bonds. The highest BCUT2D eigenvalue weighted by atomic mass is 79.9. The van der Waals surface area contributed by atoms with Crippen molar-refractivity contribution in [2.24, 2.45) is 0 Å². The lowest BCUT2D eigenvalue weighted by molar-refractivity contribution is 0.136. The highest BCUT2D eigenvalue weighted by Gasteiger charge is 2.20. The van der Waals surface area contributed by atoms with Crippen LogP contribution in [0.2, 0.25) is 0 Å². The van der Waals surface area contributed by atoms with E-state index in [0.717, 1.165) is 6.54 Å². The zero-order valence-electron chi connectivity index (χ0n) is 10.3. The van der Waals surface area contributed by atoms with Crippen LogP contribution in [0.25, 0.3) is 0 Å². The summed E-state index contributed by atoms with van der Waals surface area (Å²) in [5, 5.41) is 0. The number of nitrogens with zero attached hydrogens (tertiary/aromatic N) is 1. The Bertz CT molecular complexity index is 380. The fraction of sp³-hybridized carbons (Fsp3) is 0.571. The second-order valence-electron chi connectivity index (χ2n) is 4.78. The number of likely N-dealkylation sites (tertiary alicyclic amines) is 1. The molecule has 1 saturated heterocycles. The Morgan fingerprint density at radius 2 is 2.24 bits per heavy atom. The van der Waals surface area contributed by atoms with Crippen LogP contribution in [0, 0.1) is 5.82 Å². The van der Waals surface area contributed by atoms with Crippen LogP contribution >= 0.6 is 15.9 Å². The average Bonchev–Trinajstić information content (AvgIpc) is 2.34. The van der Waals surface area contributed by atoms with Crippen LogP contribution in [0.1, 0.15) is 38.2 Å². The number of halogens is 2. The second-order valence-corrected chi connectivity index (χ2v) is 5.63. The van der Waals surface area contributed by atoms with E-state index in [9.17, 15) is 4.39 Å². The molecule has 3 heteroatoms. The molecule has 17 heavy (non-hydrogen) atoms. The molecule has 1 nitrogen and oxygen atoms in total. The molecule has 1 aliphatic heterocycles. The van der Waals surface area contributed by atoms with Crippen LogP contribution in [0.5, 0.6) is 0 Å². The molecule has 1 aliphatic rings. The van der Waals surface area contributed by atoms with Gasteiger partial charge in [-0.2, -0.15) is 0 Å². The SMILES string of the molecule is CCC1CCCCN1Cc1ccc(F)c(Br)c1. The third-order valence-electron chi connectivity index (χ3n) is 3.59. The van der Waals surface area contributed by atoms with Gasteiger partial charge in [0.15, 0.2) is 0 Å². The topological polar surface area (TPSA) is 3.24 Å². The Labute approximate surface area is 111 Å². The summed E-state index contributed by atoms with van der Waals surface area (Å²) in [6.07, 6.45) is 5.15. The second kappa shape index (κ2) is 5.96. The lowest BCUT2D eigenvalue weighted by Crippen LogP contribution is -2.38. The number of benzene rings is 1. The first-order chi connectivity index (χ1) is 8.20. The van der Waals surface area contributed by atoms with Crippen molar-refractivity contribution < 1.29 is 4.39 Å². The number of hydrogen-bond acceptors (Lipinski definition) is 1. The molecule has 0 aliphatic carbocycles. The normalized spacial score (nSPS) is 21.7. The molecule has 1 fully saturated rings. The summed E-state index contributed by atoms with van der Waals surface area (Å²) >= 11 is 3.25. The molecule has 94 valence electrons. The van der Waals surface area contributed by atoms with E-state index in [-0.39, 0.29) is 5.82 Å². The predicted octanol–water partition coefficient (Wildman–Crippen LogP) is 4.35. The molecule has 2 rings (SSSR count). The average molecular weight is 300 g/mol. The van der Waals surface area contributed by atoms with Gasteiger partial charge in [-0.1, -0.05) is 19.4 Å². The molecule has 0 bridgehead atoms. The van der Waals surface area contributed by atoms with Crippen molar-refractivity contribution in [1.82, 2.24) is 4.90 Å². The van der Waals surface area contributed by atoms with Crippen LogP contribution < -0.4 is 0 Å². The van der Waals surface area contributed by atoms with Crippen molar-refractivity contribution in [2.45, 2.75) is 45.2 Å². The molecule has 0 spiro atoms. The highest BCUT2D eigenvalue weighted by molar-refractivity contribution is 9.10. The van der Waals surface area contributed by atoms with E-state index in [1.165, 1.54) is 37.8 Å². The van der Waals surface area contributed by atoms with Crippen LogP contribution in [0.3, 0.4) is 0 Å². The third-order valence-corrected chi connectivity index (χ3v) is 4.20. The number of hydrogen-bond donors (Lipinski definition) is 0. The van der Waals surface area contributed by atoms with Crippen LogP contribution in [-0.4, -0.2) is 17.5 Å². The largest absolute Gasteiger partial charge is 0.296 e. The van der Waals surface area contributed by atoms with Crippen molar-refractivity contribution in [3.8, 4) is 0 Å². The van der Waals surface area contributed by atoms with Crippen molar-refractivity contribution in [1.29, 1.82) is 0 Å². The molecular weight excluding hydrogens is 281 g/mol. The van der Waals surface area contributed by atoms with Crippen molar-refractivity contribution in [3.05, 3.63) is 34.1 Å². The fourth-order valence-corrected chi connectivity index (χ4v) is 3.03. The maximum absolute atomic E-state index is 13.2. The van der Waals surface area contributed by atoms with E-state index in [4.69, 9.17) is 0 Å². The maximum atomic E-state index is 13.2. The first kappa shape index (κ1) is 13.0. The zero-order chi connectivity index (χ0) is 12.3. The standard InChI is InChI=1S/C14H19BrFN/c1-2-12-5-3-4-8-17(12)10-11-6-7-14(16)13(15)9-11/h6-7,9,12H,2-5,8,10H2,1H3. The van der Waals surface area contributed by atoms with E-state index in [1.54, 1.807) is 6.07 Å². The zero-order valence-corrected chi connectivity index (χ0v) is 11.8. The van der Waals surface area contributed by atoms with Crippen molar-refractivity contribution in [2.75, 3.05) is 6.54 Å². The minimum absolute atomic E-state index is 0.181. The van der Waals surface area contributed by atoms with Gasteiger partial charge in [-0.05, 0) is 59.4 Å². The van der Waals surface area contributed by atoms with Crippen LogP contribution in [0.4, 0.5) is 4.39 Å². The summed E-state index contributed by atoms with van der Waals surface area (Å²) in [5.41, 5.74) is 1.19. The lowest BCUT2D eigenvalue weighted by Gasteiger charge is -2.35. The van der Waals surface area contributed by atoms with Crippen molar-refractivity contribution >= 4 is 15.9 Å². The van der Waals surface area contributed by atoms with Gasteiger partial charge < -0.3 is 0 Å². The van der Waals surface area contributed by atoms with Crippen molar-refractivity contribution in [3.63, 3.8) is 0 Å². The van der Waals surface area contributed by atoms with E-state index in [2.05, 4.69) is 27.8 Å². The quantitative estimate of drug-likeness (QED) is 0.802. The third kappa shape index (κ3) is 3.29. The summed E-state index contributed by atoms with van der Waals surface area (Å²) < 4.78 is 13.7. The van der Waals surface area contributed by atoms with Gasteiger partial charge in [0.2, 0.25) is 0 Å². The van der Waals surface area contributed by atoms with Gasteiger partial charge in [0, 0.05) is 12.6 Å². The first-order valence-electron chi connectivity index (χ1n) is 6.38. The molecular formula is C14H19BrFN. The molecule has 0 N–H and O–H groups in total. The molecule has 1 unspecified atom stereocenters. The Balaban J connectivity index is 2.05. The van der Waals surface area contributed by atoms with Gasteiger partial charge in [0.05, 0.1) is 4.47 Å². The molecule has 1 heterocycles. The molecule has 0 saturated carbocycles. The Morgan fingerprint density at radius 1 is 1.41 bits per heavy atom. The van der Waals surface area contributed by atoms with Gasteiger partial charge in [0.1, 0.15) is 5.82 Å². The van der Waals surface area contributed by atoms with E-state index >= 15 is 0 Å². The Morgan fingerprint density at radius 3 is 2.94 bits per heavy atom. The predicted molar refractivity (Wildman–Crippen MR) is 72.4 cm³/mol. The van der Waals surface area contributed by atoms with Gasteiger partial charge in [0.25, 0.3) is 0 Å². The van der Waals surface area contributed by atoms with Gasteiger partial charge in [-0.15, -0.1) is 0 Å². The van der Waals surface area contributed by atoms with Crippen LogP contribution in [-0.2, 0) is 6.54 Å². The Kier molecular flexibility index (Phi) is 4.57. The summed E-state index contributed by atoms with van der Waals surface area (Å²) in [4.78, 5) is 2.53. The number of rotatable bonds is 3. The molecule has 1 atom stereocenters. The smallest absolute Gasteiger partial charge is 0.137 e. The monoisotopic (exact) mass is 299 g/mol. The minimum Gasteiger partial charge on any atom is -0.296 e. The molecule has 0 radical (unpaired) electrons. The van der Waals surface area contributed by atoms with E-state index in [1.807, 2.05) is 12.1 Å². The van der Waals surface area contributed by atoms with Gasteiger partial charge >= 0.3 is 0 Å². The van der Waals surface area contributed by atoms with Gasteiger partial charge in [-0.3, -0.25) is 4.90 Å². The maximum Gasteiger partial charge on any atom is 0.137 e. The van der Waals surface area contributed by atoms with E-state index < -0.39 is 0 Å². The summed E-state index contributed by atoms with van der Waals surface area (Å²) in [6, 6.07) is 6.04.